The lowest BCUT2D eigenvalue weighted by molar-refractivity contribution is -0.00689. The van der Waals surface area contributed by atoms with Gasteiger partial charge in [-0.2, -0.15) is 0 Å². The molecule has 0 spiro atoms. The monoisotopic (exact) mass is 234 g/mol. The molecule has 3 aliphatic rings. The van der Waals surface area contributed by atoms with E-state index in [4.69, 9.17) is 0 Å². The Kier molecular flexibility index (Phi) is 2.51. The standard InChI is InChI=1S/C15H19FO/c16-13-3-1-12(2-4-13)15-8-5-14(11-17,6-9-15)7-10-15/h1-4,17H,5-11H2. The highest BCUT2D eigenvalue weighted by Crippen LogP contribution is 2.57. The Morgan fingerprint density at radius 1 is 0.941 bits per heavy atom. The number of hydrogen-bond donors (Lipinski definition) is 1. The Balaban J connectivity index is 1.88. The van der Waals surface area contributed by atoms with Crippen molar-refractivity contribution in [2.45, 2.75) is 43.9 Å². The van der Waals surface area contributed by atoms with E-state index in [1.165, 1.54) is 5.56 Å². The van der Waals surface area contributed by atoms with Gasteiger partial charge in [-0.15, -0.1) is 0 Å². The molecule has 17 heavy (non-hydrogen) atoms. The van der Waals surface area contributed by atoms with Crippen LogP contribution in [0.2, 0.25) is 0 Å². The van der Waals surface area contributed by atoms with Gasteiger partial charge in [-0.25, -0.2) is 4.39 Å². The van der Waals surface area contributed by atoms with Crippen LogP contribution in [0.5, 0.6) is 0 Å². The van der Waals surface area contributed by atoms with Gasteiger partial charge in [0.2, 0.25) is 0 Å². The number of halogens is 1. The van der Waals surface area contributed by atoms with Crippen LogP contribution in [0.4, 0.5) is 4.39 Å². The Morgan fingerprint density at radius 2 is 1.47 bits per heavy atom. The maximum absolute atomic E-state index is 13.0. The predicted octanol–water partition coefficient (Wildman–Crippen LogP) is 3.41. The van der Waals surface area contributed by atoms with Crippen molar-refractivity contribution in [3.63, 3.8) is 0 Å². The van der Waals surface area contributed by atoms with Crippen LogP contribution in [-0.2, 0) is 5.41 Å². The van der Waals surface area contributed by atoms with Crippen LogP contribution in [0.3, 0.4) is 0 Å². The average molecular weight is 234 g/mol. The summed E-state index contributed by atoms with van der Waals surface area (Å²) in [5.74, 6) is -0.151. The van der Waals surface area contributed by atoms with Crippen molar-refractivity contribution in [1.29, 1.82) is 0 Å². The highest BCUT2D eigenvalue weighted by molar-refractivity contribution is 5.28. The fourth-order valence-corrected chi connectivity index (χ4v) is 3.74. The molecule has 0 saturated heterocycles. The van der Waals surface area contributed by atoms with Gasteiger partial charge in [0.05, 0.1) is 0 Å². The topological polar surface area (TPSA) is 20.2 Å². The van der Waals surface area contributed by atoms with Crippen molar-refractivity contribution in [3.8, 4) is 0 Å². The lowest BCUT2D eigenvalue weighted by Gasteiger charge is -2.53. The Hall–Kier alpha value is -0.890. The number of aliphatic hydroxyl groups is 1. The Bertz CT molecular complexity index is 385. The van der Waals surface area contributed by atoms with E-state index >= 15 is 0 Å². The van der Waals surface area contributed by atoms with E-state index in [1.54, 1.807) is 12.1 Å². The van der Waals surface area contributed by atoms with Crippen LogP contribution in [0.15, 0.2) is 24.3 Å². The average Bonchev–Trinajstić information content (AvgIpc) is 2.41. The molecule has 2 bridgehead atoms. The van der Waals surface area contributed by atoms with Crippen molar-refractivity contribution < 1.29 is 9.50 Å². The van der Waals surface area contributed by atoms with Crippen LogP contribution >= 0.6 is 0 Å². The van der Waals surface area contributed by atoms with Crippen molar-refractivity contribution in [3.05, 3.63) is 35.6 Å². The Morgan fingerprint density at radius 3 is 1.94 bits per heavy atom. The van der Waals surface area contributed by atoms with Crippen molar-refractivity contribution in [2.75, 3.05) is 6.61 Å². The quantitative estimate of drug-likeness (QED) is 0.831. The zero-order valence-corrected chi connectivity index (χ0v) is 10.1. The second-order valence-corrected chi connectivity index (χ2v) is 5.95. The third kappa shape index (κ3) is 1.70. The molecule has 0 unspecified atom stereocenters. The molecular formula is C15H19FO. The number of benzene rings is 1. The summed E-state index contributed by atoms with van der Waals surface area (Å²) in [6.45, 7) is 0.340. The van der Waals surface area contributed by atoms with Gasteiger partial charge in [0, 0.05) is 6.61 Å². The summed E-state index contributed by atoms with van der Waals surface area (Å²) in [6.07, 6.45) is 6.83. The molecule has 0 aromatic heterocycles. The largest absolute Gasteiger partial charge is 0.396 e. The van der Waals surface area contributed by atoms with E-state index in [9.17, 15) is 9.50 Å². The molecule has 0 aliphatic heterocycles. The first kappa shape index (κ1) is 11.2. The smallest absolute Gasteiger partial charge is 0.123 e. The van der Waals surface area contributed by atoms with E-state index in [0.717, 1.165) is 38.5 Å². The van der Waals surface area contributed by atoms with Gasteiger partial charge in [-0.05, 0) is 67.1 Å². The number of rotatable bonds is 2. The summed E-state index contributed by atoms with van der Waals surface area (Å²) < 4.78 is 13.0. The minimum absolute atomic E-state index is 0.151. The minimum atomic E-state index is -0.151. The van der Waals surface area contributed by atoms with Gasteiger partial charge >= 0.3 is 0 Å². The SMILES string of the molecule is OCC12CCC(c3ccc(F)cc3)(CC1)CC2. The maximum Gasteiger partial charge on any atom is 0.123 e. The van der Waals surface area contributed by atoms with Crippen LogP contribution in [0.1, 0.15) is 44.1 Å². The zero-order valence-electron chi connectivity index (χ0n) is 10.1. The van der Waals surface area contributed by atoms with Crippen LogP contribution in [0.25, 0.3) is 0 Å². The van der Waals surface area contributed by atoms with E-state index in [-0.39, 0.29) is 16.6 Å². The first-order valence-corrected chi connectivity index (χ1v) is 6.55. The molecule has 92 valence electrons. The molecule has 0 radical (unpaired) electrons. The van der Waals surface area contributed by atoms with Gasteiger partial charge in [-0.3, -0.25) is 0 Å². The Labute approximate surface area is 102 Å². The maximum atomic E-state index is 13.0. The van der Waals surface area contributed by atoms with Crippen LogP contribution < -0.4 is 0 Å². The first-order valence-electron chi connectivity index (χ1n) is 6.55. The highest BCUT2D eigenvalue weighted by atomic mass is 19.1. The fourth-order valence-electron chi connectivity index (χ4n) is 3.74. The van der Waals surface area contributed by atoms with Gasteiger partial charge in [0.15, 0.2) is 0 Å². The van der Waals surface area contributed by atoms with E-state index in [1.807, 2.05) is 12.1 Å². The number of fused-ring (bicyclic) bond motifs is 3. The third-order valence-electron chi connectivity index (χ3n) is 5.19. The van der Waals surface area contributed by atoms with E-state index in [2.05, 4.69) is 0 Å². The van der Waals surface area contributed by atoms with Gasteiger partial charge in [0.1, 0.15) is 5.82 Å². The predicted molar refractivity (Wildman–Crippen MR) is 65.3 cm³/mol. The molecular weight excluding hydrogens is 215 g/mol. The van der Waals surface area contributed by atoms with Crippen LogP contribution in [-0.4, -0.2) is 11.7 Å². The lowest BCUT2D eigenvalue weighted by Crippen LogP contribution is -2.45. The third-order valence-corrected chi connectivity index (χ3v) is 5.19. The lowest BCUT2D eigenvalue weighted by atomic mass is 9.52. The first-order chi connectivity index (χ1) is 8.18. The normalized spacial score (nSPS) is 36.1. The van der Waals surface area contributed by atoms with Gasteiger partial charge in [-0.1, -0.05) is 12.1 Å². The molecule has 0 amide bonds. The van der Waals surface area contributed by atoms with E-state index in [0.29, 0.717) is 6.61 Å². The molecule has 0 heterocycles. The van der Waals surface area contributed by atoms with Crippen molar-refractivity contribution >= 4 is 0 Å². The highest BCUT2D eigenvalue weighted by Gasteiger charge is 2.48. The molecule has 2 heteroatoms. The molecule has 1 aromatic rings. The number of hydrogen-bond acceptors (Lipinski definition) is 1. The summed E-state index contributed by atoms with van der Waals surface area (Å²) in [5, 5.41) is 9.51. The molecule has 3 saturated carbocycles. The van der Waals surface area contributed by atoms with Crippen molar-refractivity contribution in [2.24, 2.45) is 5.41 Å². The van der Waals surface area contributed by atoms with Gasteiger partial charge in [0.25, 0.3) is 0 Å². The van der Waals surface area contributed by atoms with E-state index < -0.39 is 0 Å². The van der Waals surface area contributed by atoms with Crippen LogP contribution in [0, 0.1) is 11.2 Å². The summed E-state index contributed by atoms with van der Waals surface area (Å²) in [4.78, 5) is 0. The van der Waals surface area contributed by atoms with Gasteiger partial charge < -0.3 is 5.11 Å². The van der Waals surface area contributed by atoms with Crippen molar-refractivity contribution in [1.82, 2.24) is 0 Å². The molecule has 0 atom stereocenters. The summed E-state index contributed by atoms with van der Waals surface area (Å²) >= 11 is 0. The summed E-state index contributed by atoms with van der Waals surface area (Å²) in [7, 11) is 0. The molecule has 1 N–H and O–H groups in total. The second-order valence-electron chi connectivity index (χ2n) is 5.95. The summed E-state index contributed by atoms with van der Waals surface area (Å²) in [5.41, 5.74) is 1.77. The fraction of sp³-hybridized carbons (Fsp3) is 0.600. The minimum Gasteiger partial charge on any atom is -0.396 e. The molecule has 1 nitrogen and oxygen atoms in total. The second kappa shape index (κ2) is 3.81. The number of aliphatic hydroxyl groups excluding tert-OH is 1. The molecule has 1 aromatic carbocycles. The zero-order chi connectivity index (χ0) is 11.9. The molecule has 4 rings (SSSR count). The molecule has 3 fully saturated rings. The molecule has 3 aliphatic carbocycles. The summed E-state index contributed by atoms with van der Waals surface area (Å²) in [6, 6.07) is 7.05.